The van der Waals surface area contributed by atoms with Crippen LogP contribution in [0.25, 0.3) is 0 Å². The molecule has 1 fully saturated rings. The average molecular weight is 443 g/mol. The van der Waals surface area contributed by atoms with E-state index >= 15 is 0 Å². The molecule has 7 nitrogen and oxygen atoms in total. The molecule has 0 radical (unpaired) electrons. The van der Waals surface area contributed by atoms with Gasteiger partial charge in [-0.2, -0.15) is 4.73 Å². The molecule has 2 aromatic rings. The highest BCUT2D eigenvalue weighted by Gasteiger charge is 2.28. The van der Waals surface area contributed by atoms with Crippen molar-refractivity contribution in [3.8, 4) is 0 Å². The standard InChI is InChI=1S/C24H31FN4O3/c1-4-24(2,3)27-22(30)18-10-12-28(13-11-18)15-17-6-5-7-20(14-17)26-23(31)21-9-8-19(25)16-29(21)32/h5-9,14,16,18H,4,10-13,15H2,1-3H3,(H,26,31)(H,27,30). The highest BCUT2D eigenvalue weighted by molar-refractivity contribution is 6.01. The molecule has 0 spiro atoms. The predicted molar refractivity (Wildman–Crippen MR) is 120 cm³/mol. The summed E-state index contributed by atoms with van der Waals surface area (Å²) in [5.41, 5.74) is 1.22. The number of piperidine rings is 1. The van der Waals surface area contributed by atoms with E-state index in [0.717, 1.165) is 56.2 Å². The van der Waals surface area contributed by atoms with Gasteiger partial charge in [0, 0.05) is 29.8 Å². The fourth-order valence-corrected chi connectivity index (χ4v) is 3.71. The molecule has 0 unspecified atom stereocenters. The lowest BCUT2D eigenvalue weighted by Gasteiger charge is -2.33. The number of carbonyl (C=O) groups is 2. The number of rotatable bonds is 7. The first-order chi connectivity index (χ1) is 15.2. The minimum absolute atomic E-state index is 0.0391. The van der Waals surface area contributed by atoms with E-state index in [0.29, 0.717) is 12.2 Å². The van der Waals surface area contributed by atoms with Crippen LogP contribution in [0.3, 0.4) is 0 Å². The molecule has 32 heavy (non-hydrogen) atoms. The van der Waals surface area contributed by atoms with Gasteiger partial charge in [0.1, 0.15) is 0 Å². The lowest BCUT2D eigenvalue weighted by atomic mass is 9.93. The summed E-state index contributed by atoms with van der Waals surface area (Å²) in [4.78, 5) is 27.2. The third-order valence-corrected chi connectivity index (χ3v) is 6.01. The van der Waals surface area contributed by atoms with E-state index in [-0.39, 0.29) is 27.8 Å². The molecule has 1 aromatic heterocycles. The maximum atomic E-state index is 13.1. The quantitative estimate of drug-likeness (QED) is 0.509. The van der Waals surface area contributed by atoms with Crippen LogP contribution in [0.15, 0.2) is 42.6 Å². The molecule has 2 heterocycles. The van der Waals surface area contributed by atoms with Crippen molar-refractivity contribution in [3.63, 3.8) is 0 Å². The largest absolute Gasteiger partial charge is 0.618 e. The van der Waals surface area contributed by atoms with Gasteiger partial charge in [0.15, 0.2) is 5.82 Å². The first-order valence-electron chi connectivity index (χ1n) is 11.0. The Kier molecular flexibility index (Phi) is 7.45. The Balaban J connectivity index is 1.54. The second kappa shape index (κ2) is 10.1. The van der Waals surface area contributed by atoms with E-state index in [9.17, 15) is 19.2 Å². The van der Waals surface area contributed by atoms with Crippen molar-refractivity contribution in [2.45, 2.75) is 52.1 Å². The summed E-state index contributed by atoms with van der Waals surface area (Å²) >= 11 is 0. The Morgan fingerprint density at radius 1 is 1.22 bits per heavy atom. The number of hydrogen-bond acceptors (Lipinski definition) is 4. The molecule has 8 heteroatoms. The third-order valence-electron chi connectivity index (χ3n) is 6.01. The SMILES string of the molecule is CCC(C)(C)NC(=O)C1CCN(Cc2cccc(NC(=O)c3ccc(F)c[n+]3[O-])c2)CC1. The second-order valence-corrected chi connectivity index (χ2v) is 8.99. The number of amides is 2. The Morgan fingerprint density at radius 2 is 1.94 bits per heavy atom. The van der Waals surface area contributed by atoms with Gasteiger partial charge >= 0.3 is 5.91 Å². The van der Waals surface area contributed by atoms with Gasteiger partial charge in [-0.25, -0.2) is 4.39 Å². The Hall–Kier alpha value is -3.00. The normalized spacial score (nSPS) is 15.4. The van der Waals surface area contributed by atoms with Crippen molar-refractivity contribution in [1.82, 2.24) is 10.2 Å². The smallest absolute Gasteiger partial charge is 0.321 e. The number of halogens is 1. The molecule has 0 aliphatic carbocycles. The minimum atomic E-state index is -0.700. The van der Waals surface area contributed by atoms with Crippen LogP contribution in [0.2, 0.25) is 0 Å². The van der Waals surface area contributed by atoms with Gasteiger partial charge in [0.05, 0.1) is 0 Å². The van der Waals surface area contributed by atoms with Crippen molar-refractivity contribution in [2.24, 2.45) is 5.92 Å². The first kappa shape index (κ1) is 23.7. The topological polar surface area (TPSA) is 88.4 Å². The molecule has 0 saturated carbocycles. The van der Waals surface area contributed by atoms with Crippen LogP contribution < -0.4 is 15.4 Å². The zero-order valence-electron chi connectivity index (χ0n) is 18.9. The second-order valence-electron chi connectivity index (χ2n) is 8.99. The van der Waals surface area contributed by atoms with Crippen LogP contribution in [-0.4, -0.2) is 35.3 Å². The van der Waals surface area contributed by atoms with Crippen molar-refractivity contribution in [1.29, 1.82) is 0 Å². The van der Waals surface area contributed by atoms with E-state index in [1.807, 2.05) is 32.0 Å². The Bertz CT molecular complexity index is 971. The number of nitrogens with zero attached hydrogens (tertiary/aromatic N) is 2. The predicted octanol–water partition coefficient (Wildman–Crippen LogP) is 3.23. The molecule has 1 aliphatic heterocycles. The van der Waals surface area contributed by atoms with Gasteiger partial charge in [-0.1, -0.05) is 19.1 Å². The lowest BCUT2D eigenvalue weighted by molar-refractivity contribution is -0.609. The lowest BCUT2D eigenvalue weighted by Crippen LogP contribution is -2.48. The molecule has 172 valence electrons. The third kappa shape index (κ3) is 6.26. The highest BCUT2D eigenvalue weighted by Crippen LogP contribution is 2.22. The van der Waals surface area contributed by atoms with E-state index in [1.54, 1.807) is 6.07 Å². The van der Waals surface area contributed by atoms with Crippen LogP contribution in [-0.2, 0) is 11.3 Å². The fourth-order valence-electron chi connectivity index (χ4n) is 3.71. The summed E-state index contributed by atoms with van der Waals surface area (Å²) in [6, 6.07) is 9.65. The zero-order chi connectivity index (χ0) is 23.3. The van der Waals surface area contributed by atoms with E-state index in [2.05, 4.69) is 22.5 Å². The van der Waals surface area contributed by atoms with Crippen LogP contribution in [0.1, 0.15) is 56.1 Å². The maximum absolute atomic E-state index is 13.1. The summed E-state index contributed by atoms with van der Waals surface area (Å²) in [6.45, 7) is 8.50. The molecule has 2 amide bonds. The van der Waals surface area contributed by atoms with Gasteiger partial charge in [-0.3, -0.25) is 14.5 Å². The molecular formula is C24H31FN4O3. The number of aromatic nitrogens is 1. The van der Waals surface area contributed by atoms with Crippen LogP contribution in [0, 0.1) is 16.9 Å². The number of nitrogens with one attached hydrogen (secondary N) is 2. The van der Waals surface area contributed by atoms with Crippen molar-refractivity contribution in [3.05, 3.63) is 64.9 Å². The van der Waals surface area contributed by atoms with E-state index in [1.165, 1.54) is 0 Å². The number of anilines is 1. The number of carbonyl (C=O) groups excluding carboxylic acids is 2. The molecule has 3 rings (SSSR count). The summed E-state index contributed by atoms with van der Waals surface area (Å²) in [6.07, 6.45) is 3.24. The van der Waals surface area contributed by atoms with Gasteiger partial charge in [0.2, 0.25) is 12.1 Å². The number of pyridine rings is 1. The number of hydrogen-bond donors (Lipinski definition) is 2. The van der Waals surface area contributed by atoms with Gasteiger partial charge in [-0.15, -0.1) is 0 Å². The molecule has 1 aromatic carbocycles. The maximum Gasteiger partial charge on any atom is 0.321 e. The summed E-state index contributed by atoms with van der Waals surface area (Å²) in [5, 5.41) is 17.6. The van der Waals surface area contributed by atoms with E-state index < -0.39 is 11.7 Å². The van der Waals surface area contributed by atoms with Crippen LogP contribution in [0.4, 0.5) is 10.1 Å². The number of likely N-dealkylation sites (tertiary alicyclic amines) is 1. The van der Waals surface area contributed by atoms with Gasteiger partial charge in [0.25, 0.3) is 5.69 Å². The Labute approximate surface area is 188 Å². The highest BCUT2D eigenvalue weighted by atomic mass is 19.1. The van der Waals surface area contributed by atoms with Gasteiger partial charge in [-0.05, 0) is 70.0 Å². The summed E-state index contributed by atoms with van der Waals surface area (Å²) < 4.78 is 13.3. The molecular weight excluding hydrogens is 411 g/mol. The Morgan fingerprint density at radius 3 is 2.59 bits per heavy atom. The molecule has 0 bridgehead atoms. The van der Waals surface area contributed by atoms with Crippen molar-refractivity contribution >= 4 is 17.5 Å². The van der Waals surface area contributed by atoms with Crippen LogP contribution >= 0.6 is 0 Å². The number of benzene rings is 1. The molecule has 0 atom stereocenters. The van der Waals surface area contributed by atoms with Crippen LogP contribution in [0.5, 0.6) is 0 Å². The minimum Gasteiger partial charge on any atom is -0.618 e. The summed E-state index contributed by atoms with van der Waals surface area (Å²) in [7, 11) is 0. The zero-order valence-corrected chi connectivity index (χ0v) is 18.9. The van der Waals surface area contributed by atoms with Crippen molar-refractivity contribution in [2.75, 3.05) is 18.4 Å². The first-order valence-corrected chi connectivity index (χ1v) is 11.0. The summed E-state index contributed by atoms with van der Waals surface area (Å²) in [5.74, 6) is -1.12. The monoisotopic (exact) mass is 442 g/mol. The molecule has 2 N–H and O–H groups in total. The molecule has 1 aliphatic rings. The van der Waals surface area contributed by atoms with Gasteiger partial charge < -0.3 is 15.8 Å². The van der Waals surface area contributed by atoms with Crippen molar-refractivity contribution < 1.29 is 18.7 Å². The molecule has 1 saturated heterocycles. The van der Waals surface area contributed by atoms with E-state index in [4.69, 9.17) is 0 Å². The average Bonchev–Trinajstić information content (AvgIpc) is 2.74. The fraction of sp³-hybridized carbons (Fsp3) is 0.458.